The van der Waals surface area contributed by atoms with Crippen molar-refractivity contribution in [3.63, 3.8) is 0 Å². The Morgan fingerprint density at radius 3 is 2.79 bits per heavy atom. The summed E-state index contributed by atoms with van der Waals surface area (Å²) in [5, 5.41) is 15.7. The third-order valence-corrected chi connectivity index (χ3v) is 2.94. The molecule has 7 nitrogen and oxygen atoms in total. The highest BCUT2D eigenvalue weighted by molar-refractivity contribution is 5.83. The van der Waals surface area contributed by atoms with Crippen LogP contribution in [0.15, 0.2) is 6.33 Å². The molecule has 1 unspecified atom stereocenters. The van der Waals surface area contributed by atoms with Gasteiger partial charge in [0, 0.05) is 6.54 Å². The SMILES string of the molecule is CCNc1nc(NC(CO)C(C)C)c2[nH]cnc2n1. The molecule has 2 rings (SSSR count). The second-order valence-electron chi connectivity index (χ2n) is 4.70. The zero-order chi connectivity index (χ0) is 13.8. The first-order valence-electron chi connectivity index (χ1n) is 6.48. The minimum atomic E-state index is -0.0594. The van der Waals surface area contributed by atoms with E-state index in [-0.39, 0.29) is 12.6 Å². The van der Waals surface area contributed by atoms with Crippen molar-refractivity contribution in [1.29, 1.82) is 0 Å². The van der Waals surface area contributed by atoms with Gasteiger partial charge in [-0.25, -0.2) is 4.98 Å². The molecule has 0 aliphatic heterocycles. The van der Waals surface area contributed by atoms with E-state index in [9.17, 15) is 5.11 Å². The number of hydrogen-bond donors (Lipinski definition) is 4. The van der Waals surface area contributed by atoms with Crippen LogP contribution in [0.2, 0.25) is 0 Å². The van der Waals surface area contributed by atoms with E-state index in [1.54, 1.807) is 6.33 Å². The fraction of sp³-hybridized carbons (Fsp3) is 0.583. The molecule has 2 aromatic heterocycles. The zero-order valence-electron chi connectivity index (χ0n) is 11.4. The average molecular weight is 264 g/mol. The maximum absolute atomic E-state index is 9.41. The second kappa shape index (κ2) is 5.83. The smallest absolute Gasteiger partial charge is 0.226 e. The van der Waals surface area contributed by atoms with Crippen LogP contribution in [0, 0.1) is 5.92 Å². The summed E-state index contributed by atoms with van der Waals surface area (Å²) in [7, 11) is 0. The molecule has 0 saturated heterocycles. The topological polar surface area (TPSA) is 98.8 Å². The van der Waals surface area contributed by atoms with Crippen molar-refractivity contribution in [3.8, 4) is 0 Å². The normalized spacial score (nSPS) is 12.9. The monoisotopic (exact) mass is 264 g/mol. The molecule has 0 saturated carbocycles. The molecule has 2 aromatic rings. The van der Waals surface area contributed by atoms with Crippen LogP contribution in [0.5, 0.6) is 0 Å². The summed E-state index contributed by atoms with van der Waals surface area (Å²) in [6.45, 7) is 6.86. The summed E-state index contributed by atoms with van der Waals surface area (Å²) in [4.78, 5) is 15.9. The van der Waals surface area contributed by atoms with Gasteiger partial charge in [-0.15, -0.1) is 0 Å². The fourth-order valence-corrected chi connectivity index (χ4v) is 1.77. The number of fused-ring (bicyclic) bond motifs is 1. The number of imidazole rings is 1. The number of aliphatic hydroxyl groups excluding tert-OH is 1. The van der Waals surface area contributed by atoms with Crippen molar-refractivity contribution < 1.29 is 5.11 Å². The number of nitrogens with one attached hydrogen (secondary N) is 3. The molecule has 0 aromatic carbocycles. The van der Waals surface area contributed by atoms with Crippen molar-refractivity contribution in [2.45, 2.75) is 26.8 Å². The minimum Gasteiger partial charge on any atom is -0.394 e. The molecular weight excluding hydrogens is 244 g/mol. The van der Waals surface area contributed by atoms with Gasteiger partial charge in [0.05, 0.1) is 19.0 Å². The largest absolute Gasteiger partial charge is 0.394 e. The van der Waals surface area contributed by atoms with Gasteiger partial charge in [-0.3, -0.25) is 0 Å². The predicted octanol–water partition coefficient (Wildman–Crippen LogP) is 1.21. The van der Waals surface area contributed by atoms with E-state index in [1.807, 2.05) is 20.8 Å². The predicted molar refractivity (Wildman–Crippen MR) is 75.2 cm³/mol. The lowest BCUT2D eigenvalue weighted by Crippen LogP contribution is -2.30. The summed E-state index contributed by atoms with van der Waals surface area (Å²) < 4.78 is 0. The van der Waals surface area contributed by atoms with Crippen LogP contribution < -0.4 is 10.6 Å². The Morgan fingerprint density at radius 1 is 1.37 bits per heavy atom. The van der Waals surface area contributed by atoms with Crippen LogP contribution in [0.1, 0.15) is 20.8 Å². The first-order valence-corrected chi connectivity index (χ1v) is 6.48. The molecular formula is C12H20N6O. The molecule has 0 spiro atoms. The molecule has 2 heterocycles. The van der Waals surface area contributed by atoms with Gasteiger partial charge in [0.25, 0.3) is 0 Å². The van der Waals surface area contributed by atoms with Crippen molar-refractivity contribution in [1.82, 2.24) is 19.9 Å². The summed E-state index contributed by atoms with van der Waals surface area (Å²) >= 11 is 0. The molecule has 0 aliphatic carbocycles. The van der Waals surface area contributed by atoms with E-state index in [0.717, 1.165) is 12.1 Å². The maximum atomic E-state index is 9.41. The lowest BCUT2D eigenvalue weighted by molar-refractivity contribution is 0.249. The van der Waals surface area contributed by atoms with E-state index in [1.165, 1.54) is 0 Å². The molecule has 0 amide bonds. The lowest BCUT2D eigenvalue weighted by Gasteiger charge is -2.20. The van der Waals surface area contributed by atoms with E-state index in [0.29, 0.717) is 23.3 Å². The second-order valence-corrected chi connectivity index (χ2v) is 4.70. The molecule has 4 N–H and O–H groups in total. The third kappa shape index (κ3) is 2.93. The summed E-state index contributed by atoms with van der Waals surface area (Å²) in [5.74, 6) is 1.48. The number of rotatable bonds is 6. The molecule has 7 heteroatoms. The minimum absolute atomic E-state index is 0.0494. The number of aromatic nitrogens is 4. The van der Waals surface area contributed by atoms with E-state index in [4.69, 9.17) is 0 Å². The van der Waals surface area contributed by atoms with E-state index < -0.39 is 0 Å². The summed E-state index contributed by atoms with van der Waals surface area (Å²) in [6.07, 6.45) is 1.59. The molecule has 0 bridgehead atoms. The van der Waals surface area contributed by atoms with Crippen LogP contribution in [-0.2, 0) is 0 Å². The molecule has 0 aliphatic rings. The zero-order valence-corrected chi connectivity index (χ0v) is 11.4. The maximum Gasteiger partial charge on any atom is 0.226 e. The lowest BCUT2D eigenvalue weighted by atomic mass is 10.1. The van der Waals surface area contributed by atoms with Gasteiger partial charge in [-0.2, -0.15) is 9.97 Å². The Balaban J connectivity index is 2.36. The molecule has 19 heavy (non-hydrogen) atoms. The Morgan fingerprint density at radius 2 is 2.16 bits per heavy atom. The number of aromatic amines is 1. The quantitative estimate of drug-likeness (QED) is 0.626. The number of aliphatic hydroxyl groups is 1. The van der Waals surface area contributed by atoms with Crippen molar-refractivity contribution in [2.75, 3.05) is 23.8 Å². The number of anilines is 2. The number of nitrogens with zero attached hydrogens (tertiary/aromatic N) is 3. The Bertz CT molecular complexity index is 538. The van der Waals surface area contributed by atoms with Gasteiger partial charge in [-0.05, 0) is 12.8 Å². The van der Waals surface area contributed by atoms with Crippen LogP contribution in [0.25, 0.3) is 11.2 Å². The van der Waals surface area contributed by atoms with Gasteiger partial charge in [0.15, 0.2) is 11.5 Å². The van der Waals surface area contributed by atoms with Gasteiger partial charge >= 0.3 is 0 Å². The first kappa shape index (κ1) is 13.5. The van der Waals surface area contributed by atoms with Crippen molar-refractivity contribution in [2.24, 2.45) is 5.92 Å². The average Bonchev–Trinajstić information content (AvgIpc) is 2.84. The number of hydrogen-bond acceptors (Lipinski definition) is 6. The van der Waals surface area contributed by atoms with E-state index in [2.05, 4.69) is 30.6 Å². The Hall–Kier alpha value is -1.89. The highest BCUT2D eigenvalue weighted by atomic mass is 16.3. The standard InChI is InChI=1S/C12H20N6O/c1-4-13-12-17-10-9(14-6-15-10)11(18-12)16-8(5-19)7(2)3/h6-8,19H,4-5H2,1-3H3,(H3,13,14,15,16,17,18). The summed E-state index contributed by atoms with van der Waals surface area (Å²) in [6, 6.07) is -0.0594. The molecule has 0 fully saturated rings. The van der Waals surface area contributed by atoms with Crippen molar-refractivity contribution >= 4 is 22.9 Å². The van der Waals surface area contributed by atoms with Crippen LogP contribution in [0.3, 0.4) is 0 Å². The highest BCUT2D eigenvalue weighted by Gasteiger charge is 2.16. The van der Waals surface area contributed by atoms with Crippen LogP contribution in [0.4, 0.5) is 11.8 Å². The summed E-state index contributed by atoms with van der Waals surface area (Å²) in [5.41, 5.74) is 1.36. The molecule has 1 atom stereocenters. The van der Waals surface area contributed by atoms with Crippen molar-refractivity contribution in [3.05, 3.63) is 6.33 Å². The first-order chi connectivity index (χ1) is 9.15. The van der Waals surface area contributed by atoms with Crippen LogP contribution in [-0.4, -0.2) is 44.2 Å². The van der Waals surface area contributed by atoms with Crippen LogP contribution >= 0.6 is 0 Å². The van der Waals surface area contributed by atoms with E-state index >= 15 is 0 Å². The molecule has 104 valence electrons. The van der Waals surface area contributed by atoms with Gasteiger partial charge in [0.1, 0.15) is 5.52 Å². The third-order valence-electron chi connectivity index (χ3n) is 2.94. The Labute approximate surface area is 111 Å². The van der Waals surface area contributed by atoms with Gasteiger partial charge in [0.2, 0.25) is 5.95 Å². The fourth-order valence-electron chi connectivity index (χ4n) is 1.77. The van der Waals surface area contributed by atoms with Gasteiger partial charge in [-0.1, -0.05) is 13.8 Å². The highest BCUT2D eigenvalue weighted by Crippen LogP contribution is 2.20. The Kier molecular flexibility index (Phi) is 4.16. The van der Waals surface area contributed by atoms with Gasteiger partial charge < -0.3 is 20.7 Å². The number of H-pyrrole nitrogens is 1. The molecule has 0 radical (unpaired) electrons.